The Morgan fingerprint density at radius 1 is 1.00 bits per heavy atom. The number of nitrogens with zero attached hydrogens (tertiary/aromatic N) is 6. The van der Waals surface area contributed by atoms with E-state index in [4.69, 9.17) is 30.8 Å². The number of rotatable bonds is 9. The standard InChI is InChI=1S/C33H39ClN6O4/c1-32(2,3)44-31(41)39-17-15-38(16-18-39)19-20-42-25-12-8-11-24(26(25)34)28-37-27-29(40(28)21-23-9-6-5-7-10-23)35-22-36-30(27)43-33(4)13-14-33/h5-12,22H,13-21H2,1-4H3. The molecule has 1 saturated carbocycles. The maximum Gasteiger partial charge on any atom is 0.410 e. The van der Waals surface area contributed by atoms with Crippen LogP contribution in [0.15, 0.2) is 54.9 Å². The second-order valence-electron chi connectivity index (χ2n) is 12.7. The molecule has 2 aromatic heterocycles. The van der Waals surface area contributed by atoms with Gasteiger partial charge in [-0.2, -0.15) is 4.98 Å². The smallest absolute Gasteiger partial charge is 0.410 e. The van der Waals surface area contributed by atoms with Gasteiger partial charge < -0.3 is 23.7 Å². The molecule has 2 aromatic carbocycles. The summed E-state index contributed by atoms with van der Waals surface area (Å²) in [4.78, 5) is 30.5. The van der Waals surface area contributed by atoms with Gasteiger partial charge in [0.25, 0.3) is 0 Å². The third-order valence-corrected chi connectivity index (χ3v) is 8.26. The number of hydrogen-bond acceptors (Lipinski definition) is 8. The molecule has 11 heteroatoms. The van der Waals surface area contributed by atoms with Gasteiger partial charge in [-0.25, -0.2) is 14.8 Å². The van der Waals surface area contributed by atoms with Crippen LogP contribution < -0.4 is 9.47 Å². The number of hydrogen-bond donors (Lipinski definition) is 0. The Bertz CT molecular complexity index is 1620. The summed E-state index contributed by atoms with van der Waals surface area (Å²) in [6, 6.07) is 15.9. The lowest BCUT2D eigenvalue weighted by Gasteiger charge is -2.35. The molecule has 3 heterocycles. The first-order valence-corrected chi connectivity index (χ1v) is 15.5. The molecule has 10 nitrogen and oxygen atoms in total. The van der Waals surface area contributed by atoms with Crippen molar-refractivity contribution in [2.75, 3.05) is 39.3 Å². The van der Waals surface area contributed by atoms with Crippen LogP contribution in [0, 0.1) is 0 Å². The zero-order valence-corrected chi connectivity index (χ0v) is 26.5. The number of piperazine rings is 1. The van der Waals surface area contributed by atoms with E-state index in [0.29, 0.717) is 66.4 Å². The normalized spacial score (nSPS) is 16.6. The topological polar surface area (TPSA) is 94.8 Å². The van der Waals surface area contributed by atoms with E-state index in [2.05, 4.69) is 38.5 Å². The van der Waals surface area contributed by atoms with Crippen LogP contribution in [0.1, 0.15) is 46.1 Å². The Balaban J connectivity index is 1.19. The second kappa shape index (κ2) is 12.2. The molecule has 0 unspecified atom stereocenters. The van der Waals surface area contributed by atoms with E-state index >= 15 is 0 Å². The highest BCUT2D eigenvalue weighted by atomic mass is 35.5. The van der Waals surface area contributed by atoms with E-state index in [0.717, 1.165) is 37.1 Å². The predicted octanol–water partition coefficient (Wildman–Crippen LogP) is 6.06. The molecule has 0 spiro atoms. The van der Waals surface area contributed by atoms with E-state index < -0.39 is 5.60 Å². The van der Waals surface area contributed by atoms with Gasteiger partial charge >= 0.3 is 6.09 Å². The van der Waals surface area contributed by atoms with Gasteiger partial charge in [0.05, 0.1) is 11.6 Å². The average molecular weight is 619 g/mol. The maximum atomic E-state index is 12.4. The fourth-order valence-electron chi connectivity index (χ4n) is 5.18. The minimum atomic E-state index is -0.500. The predicted molar refractivity (Wildman–Crippen MR) is 169 cm³/mol. The zero-order chi connectivity index (χ0) is 30.9. The van der Waals surface area contributed by atoms with Gasteiger partial charge in [0.15, 0.2) is 11.2 Å². The van der Waals surface area contributed by atoms with Gasteiger partial charge in [-0.05, 0) is 58.2 Å². The van der Waals surface area contributed by atoms with Crippen molar-refractivity contribution in [1.82, 2.24) is 29.3 Å². The summed E-state index contributed by atoms with van der Waals surface area (Å²) in [7, 11) is 0. The molecular weight excluding hydrogens is 580 g/mol. The summed E-state index contributed by atoms with van der Waals surface area (Å²) in [6.07, 6.45) is 3.24. The minimum Gasteiger partial charge on any atom is -0.491 e. The highest BCUT2D eigenvalue weighted by Gasteiger charge is 2.41. The first-order chi connectivity index (χ1) is 21.1. The van der Waals surface area contributed by atoms with Crippen molar-refractivity contribution in [3.63, 3.8) is 0 Å². The number of halogens is 1. The number of carbonyl (C=O) groups is 1. The van der Waals surface area contributed by atoms with Crippen LogP contribution in [0.4, 0.5) is 4.79 Å². The quantitative estimate of drug-likeness (QED) is 0.223. The summed E-state index contributed by atoms with van der Waals surface area (Å²) < 4.78 is 20.0. The number of fused-ring (bicyclic) bond motifs is 1. The number of imidazole rings is 1. The second-order valence-corrected chi connectivity index (χ2v) is 13.1. The third kappa shape index (κ3) is 6.92. The van der Waals surface area contributed by atoms with Crippen molar-refractivity contribution < 1.29 is 19.0 Å². The monoisotopic (exact) mass is 618 g/mol. The number of benzene rings is 2. The van der Waals surface area contributed by atoms with Crippen molar-refractivity contribution in [3.8, 4) is 23.0 Å². The Hall–Kier alpha value is -3.89. The summed E-state index contributed by atoms with van der Waals surface area (Å²) in [5.41, 5.74) is 2.44. The lowest BCUT2D eigenvalue weighted by molar-refractivity contribution is 0.0137. The van der Waals surface area contributed by atoms with Gasteiger partial charge in [-0.15, -0.1) is 0 Å². The lowest BCUT2D eigenvalue weighted by Crippen LogP contribution is -2.50. The van der Waals surface area contributed by atoms with Gasteiger partial charge in [-0.3, -0.25) is 4.90 Å². The molecule has 0 radical (unpaired) electrons. The van der Waals surface area contributed by atoms with Crippen LogP contribution in [-0.2, 0) is 11.3 Å². The number of amides is 1. The van der Waals surface area contributed by atoms with Crippen molar-refractivity contribution in [3.05, 3.63) is 65.4 Å². The number of carbonyl (C=O) groups excluding carboxylic acids is 1. The molecule has 0 bridgehead atoms. The van der Waals surface area contributed by atoms with Crippen LogP contribution in [-0.4, -0.2) is 85.9 Å². The Morgan fingerprint density at radius 3 is 2.45 bits per heavy atom. The summed E-state index contributed by atoms with van der Waals surface area (Å²) in [6.45, 7) is 12.2. The third-order valence-electron chi connectivity index (χ3n) is 7.87. The average Bonchev–Trinajstić information content (AvgIpc) is 3.61. The molecule has 1 amide bonds. The van der Waals surface area contributed by atoms with E-state index in [9.17, 15) is 4.79 Å². The number of ether oxygens (including phenoxy) is 3. The molecule has 1 saturated heterocycles. The van der Waals surface area contributed by atoms with Crippen LogP contribution in [0.25, 0.3) is 22.6 Å². The van der Waals surface area contributed by atoms with E-state index in [-0.39, 0.29) is 11.7 Å². The highest BCUT2D eigenvalue weighted by molar-refractivity contribution is 6.34. The molecular formula is C33H39ClN6O4. The van der Waals surface area contributed by atoms with Crippen molar-refractivity contribution in [2.45, 2.75) is 58.3 Å². The Kier molecular flexibility index (Phi) is 8.39. The van der Waals surface area contributed by atoms with E-state index in [1.165, 1.54) is 6.33 Å². The molecule has 0 N–H and O–H groups in total. The summed E-state index contributed by atoms with van der Waals surface area (Å²) >= 11 is 7.01. The molecule has 1 aliphatic heterocycles. The maximum absolute atomic E-state index is 12.4. The van der Waals surface area contributed by atoms with Crippen LogP contribution in [0.3, 0.4) is 0 Å². The van der Waals surface area contributed by atoms with Gasteiger partial charge in [0, 0.05) is 38.3 Å². The molecule has 0 atom stereocenters. The van der Waals surface area contributed by atoms with E-state index in [1.54, 1.807) is 4.90 Å². The minimum absolute atomic E-state index is 0.210. The van der Waals surface area contributed by atoms with Crippen LogP contribution in [0.5, 0.6) is 11.6 Å². The molecule has 232 valence electrons. The van der Waals surface area contributed by atoms with Gasteiger partial charge in [-0.1, -0.05) is 48.0 Å². The molecule has 2 aliphatic rings. The van der Waals surface area contributed by atoms with Crippen LogP contribution >= 0.6 is 11.6 Å². The first-order valence-electron chi connectivity index (χ1n) is 15.1. The SMILES string of the molecule is CC(C)(C)OC(=O)N1CCN(CCOc2cccc(-c3nc4c(OC5(C)CC5)ncnc4n3Cc3ccccc3)c2Cl)CC1. The molecule has 44 heavy (non-hydrogen) atoms. The van der Waals surface area contributed by atoms with Gasteiger partial charge in [0.1, 0.15) is 35.7 Å². The molecule has 1 aliphatic carbocycles. The van der Waals surface area contributed by atoms with Crippen LogP contribution in [0.2, 0.25) is 5.02 Å². The van der Waals surface area contributed by atoms with Gasteiger partial charge in [0.2, 0.25) is 5.88 Å². The molecule has 6 rings (SSSR count). The lowest BCUT2D eigenvalue weighted by atomic mass is 10.2. The van der Waals surface area contributed by atoms with E-state index in [1.807, 2.05) is 57.2 Å². The fourth-order valence-corrected chi connectivity index (χ4v) is 5.45. The van der Waals surface area contributed by atoms with Crippen molar-refractivity contribution in [1.29, 1.82) is 0 Å². The number of aromatic nitrogens is 4. The van der Waals surface area contributed by atoms with Crippen molar-refractivity contribution in [2.24, 2.45) is 0 Å². The molecule has 4 aromatic rings. The Labute approximate surface area is 262 Å². The fraction of sp³-hybridized carbons (Fsp3) is 0.455. The largest absolute Gasteiger partial charge is 0.491 e. The Morgan fingerprint density at radius 2 is 1.75 bits per heavy atom. The first kappa shape index (κ1) is 30.1. The highest BCUT2D eigenvalue weighted by Crippen LogP contribution is 2.42. The zero-order valence-electron chi connectivity index (χ0n) is 25.8. The summed E-state index contributed by atoms with van der Waals surface area (Å²) in [5, 5.41) is 0.483. The molecule has 2 fully saturated rings. The van der Waals surface area contributed by atoms with Crippen molar-refractivity contribution >= 4 is 28.9 Å². The summed E-state index contributed by atoms with van der Waals surface area (Å²) in [5.74, 6) is 1.74.